The Morgan fingerprint density at radius 3 is 2.54 bits per heavy atom. The van der Waals surface area contributed by atoms with Gasteiger partial charge in [-0.25, -0.2) is 0 Å². The number of nitrogens with two attached hydrogens (primary N) is 1. The van der Waals surface area contributed by atoms with Gasteiger partial charge in [0.1, 0.15) is 24.4 Å². The average Bonchev–Trinajstić information content (AvgIpc) is 2.60. The van der Waals surface area contributed by atoms with Crippen molar-refractivity contribution in [2.24, 2.45) is 5.73 Å². The van der Waals surface area contributed by atoms with E-state index in [1.807, 2.05) is 0 Å². The van der Waals surface area contributed by atoms with E-state index in [9.17, 15) is 24.9 Å². The van der Waals surface area contributed by atoms with Gasteiger partial charge < -0.3 is 41.2 Å². The van der Waals surface area contributed by atoms with Gasteiger partial charge in [0, 0.05) is 26.5 Å². The van der Waals surface area contributed by atoms with E-state index in [1.165, 1.54) is 6.92 Å². The molecule has 1 saturated heterocycles. The molecule has 0 aromatic rings. The van der Waals surface area contributed by atoms with Crippen molar-refractivity contribution in [2.45, 2.75) is 63.3 Å². The van der Waals surface area contributed by atoms with E-state index in [1.54, 1.807) is 0 Å². The van der Waals surface area contributed by atoms with Gasteiger partial charge in [0.15, 0.2) is 6.29 Å². The van der Waals surface area contributed by atoms with Gasteiger partial charge in [0.2, 0.25) is 11.8 Å². The molecule has 10 nitrogen and oxygen atoms in total. The smallest absolute Gasteiger partial charge is 0.219 e. The Labute approximate surface area is 153 Å². The predicted octanol–water partition coefficient (Wildman–Crippen LogP) is -2.42. The zero-order chi connectivity index (χ0) is 19.5. The molecule has 0 radical (unpaired) electrons. The van der Waals surface area contributed by atoms with Crippen LogP contribution in [0.2, 0.25) is 0 Å². The zero-order valence-electron chi connectivity index (χ0n) is 15.1. The molecular weight excluding hydrogens is 346 g/mol. The van der Waals surface area contributed by atoms with Crippen LogP contribution in [-0.4, -0.2) is 84.1 Å². The van der Waals surface area contributed by atoms with Crippen molar-refractivity contribution < 1.29 is 34.4 Å². The van der Waals surface area contributed by atoms with Crippen LogP contribution in [0.25, 0.3) is 0 Å². The molecular formula is C16H31N3O7. The molecule has 152 valence electrons. The molecule has 1 aliphatic heterocycles. The number of ether oxygens (including phenoxy) is 2. The molecule has 1 fully saturated rings. The number of carbonyl (C=O) groups excluding carboxylic acids is 2. The number of hydrogen-bond donors (Lipinski definition) is 6. The Morgan fingerprint density at radius 1 is 1.19 bits per heavy atom. The number of amides is 2. The predicted molar refractivity (Wildman–Crippen MR) is 91.8 cm³/mol. The molecule has 0 spiro atoms. The first kappa shape index (κ1) is 22.7. The second-order valence-corrected chi connectivity index (χ2v) is 6.25. The van der Waals surface area contributed by atoms with Crippen molar-refractivity contribution in [3.63, 3.8) is 0 Å². The number of carbonyl (C=O) groups is 2. The van der Waals surface area contributed by atoms with Gasteiger partial charge in [-0.15, -0.1) is 0 Å². The minimum absolute atomic E-state index is 0.0534. The zero-order valence-corrected chi connectivity index (χ0v) is 15.1. The molecule has 2 amide bonds. The first-order valence-corrected chi connectivity index (χ1v) is 8.88. The van der Waals surface area contributed by atoms with Crippen LogP contribution in [0.3, 0.4) is 0 Å². The molecule has 0 aromatic carbocycles. The molecule has 0 bridgehead atoms. The van der Waals surface area contributed by atoms with Crippen molar-refractivity contribution in [3.8, 4) is 0 Å². The molecule has 5 atom stereocenters. The number of nitrogens with one attached hydrogen (secondary N) is 2. The molecule has 5 unspecified atom stereocenters. The summed E-state index contributed by atoms with van der Waals surface area (Å²) in [5.74, 6) is -0.461. The highest BCUT2D eigenvalue weighted by molar-refractivity contribution is 5.75. The third-order valence-electron chi connectivity index (χ3n) is 4.03. The summed E-state index contributed by atoms with van der Waals surface area (Å²) in [6.45, 7) is 2.10. The van der Waals surface area contributed by atoms with Crippen LogP contribution in [-0.2, 0) is 19.1 Å². The molecule has 1 heterocycles. The van der Waals surface area contributed by atoms with Crippen LogP contribution in [0.4, 0.5) is 0 Å². The monoisotopic (exact) mass is 377 g/mol. The maximum Gasteiger partial charge on any atom is 0.219 e. The summed E-state index contributed by atoms with van der Waals surface area (Å²) in [4.78, 5) is 22.9. The van der Waals surface area contributed by atoms with Crippen molar-refractivity contribution in [1.82, 2.24) is 10.6 Å². The van der Waals surface area contributed by atoms with E-state index >= 15 is 0 Å². The average molecular weight is 377 g/mol. The lowest BCUT2D eigenvalue weighted by Crippen LogP contribution is -2.64. The number of aliphatic hydroxyl groups excluding tert-OH is 3. The number of aliphatic hydroxyl groups is 3. The van der Waals surface area contributed by atoms with E-state index < -0.39 is 43.2 Å². The van der Waals surface area contributed by atoms with Crippen LogP contribution in [0.1, 0.15) is 32.6 Å². The largest absolute Gasteiger partial charge is 0.394 e. The first-order valence-electron chi connectivity index (χ1n) is 8.88. The summed E-state index contributed by atoms with van der Waals surface area (Å²) in [5.41, 5.74) is 5.35. The highest BCUT2D eigenvalue weighted by atomic mass is 16.7. The van der Waals surface area contributed by atoms with Crippen molar-refractivity contribution in [1.29, 1.82) is 0 Å². The Bertz CT molecular complexity index is 438. The maximum atomic E-state index is 11.6. The van der Waals surface area contributed by atoms with E-state index in [4.69, 9.17) is 15.2 Å². The molecule has 0 saturated carbocycles. The first-order chi connectivity index (χ1) is 12.4. The summed E-state index contributed by atoms with van der Waals surface area (Å²) < 4.78 is 11.0. The van der Waals surface area contributed by atoms with Gasteiger partial charge in [0.05, 0.1) is 6.61 Å². The molecule has 26 heavy (non-hydrogen) atoms. The Balaban J connectivity index is 2.39. The second kappa shape index (κ2) is 12.2. The summed E-state index contributed by atoms with van der Waals surface area (Å²) in [7, 11) is 0. The van der Waals surface area contributed by atoms with Crippen LogP contribution in [0.5, 0.6) is 0 Å². The Morgan fingerprint density at radius 2 is 1.92 bits per heavy atom. The van der Waals surface area contributed by atoms with Gasteiger partial charge in [-0.1, -0.05) is 0 Å². The third kappa shape index (κ3) is 7.52. The van der Waals surface area contributed by atoms with Crippen molar-refractivity contribution in [3.05, 3.63) is 0 Å². The maximum absolute atomic E-state index is 11.6. The fourth-order valence-corrected chi connectivity index (χ4v) is 2.62. The Kier molecular flexibility index (Phi) is 10.6. The summed E-state index contributed by atoms with van der Waals surface area (Å²) in [5, 5.41) is 34.5. The van der Waals surface area contributed by atoms with E-state index in [0.717, 1.165) is 6.42 Å². The van der Waals surface area contributed by atoms with Crippen LogP contribution in [0, 0.1) is 0 Å². The van der Waals surface area contributed by atoms with E-state index in [2.05, 4.69) is 10.6 Å². The van der Waals surface area contributed by atoms with Gasteiger partial charge >= 0.3 is 0 Å². The second-order valence-electron chi connectivity index (χ2n) is 6.25. The molecule has 7 N–H and O–H groups in total. The normalized spacial score (nSPS) is 28.6. The van der Waals surface area contributed by atoms with Gasteiger partial charge in [-0.2, -0.15) is 0 Å². The molecule has 1 aliphatic rings. The van der Waals surface area contributed by atoms with Crippen LogP contribution in [0.15, 0.2) is 0 Å². The fraction of sp³-hybridized carbons (Fsp3) is 0.875. The lowest BCUT2D eigenvalue weighted by atomic mass is 9.97. The van der Waals surface area contributed by atoms with Crippen molar-refractivity contribution in [2.75, 3.05) is 26.3 Å². The number of rotatable bonds is 11. The van der Waals surface area contributed by atoms with Gasteiger partial charge in [0.25, 0.3) is 0 Å². The highest BCUT2D eigenvalue weighted by Crippen LogP contribution is 2.22. The summed E-state index contributed by atoms with van der Waals surface area (Å²) in [6.07, 6.45) is -2.42. The van der Waals surface area contributed by atoms with Crippen molar-refractivity contribution >= 4 is 11.8 Å². The highest BCUT2D eigenvalue weighted by Gasteiger charge is 2.45. The molecule has 0 aromatic heterocycles. The SMILES string of the molecule is CC(=O)NC1C(OCCCCC(=O)NCCCN)OC(CO)C(O)C1O. The van der Waals surface area contributed by atoms with Crippen LogP contribution < -0.4 is 16.4 Å². The fourth-order valence-electron chi connectivity index (χ4n) is 2.62. The standard InChI is InChI=1S/C16H31N3O7/c1-10(21)19-13-15(24)14(23)11(9-20)26-16(13)25-8-3-2-5-12(22)18-7-4-6-17/h11,13-16,20,23-24H,2-9,17H2,1H3,(H,18,22)(H,19,21). The lowest BCUT2D eigenvalue weighted by Gasteiger charge is -2.42. The summed E-state index contributed by atoms with van der Waals surface area (Å²) >= 11 is 0. The quantitative estimate of drug-likeness (QED) is 0.217. The van der Waals surface area contributed by atoms with E-state index in [0.29, 0.717) is 32.4 Å². The molecule has 10 heteroatoms. The number of hydrogen-bond acceptors (Lipinski definition) is 8. The molecule has 0 aliphatic carbocycles. The third-order valence-corrected chi connectivity index (χ3v) is 4.03. The van der Waals surface area contributed by atoms with Gasteiger partial charge in [-0.3, -0.25) is 9.59 Å². The summed E-state index contributed by atoms with van der Waals surface area (Å²) in [6, 6.07) is -0.954. The van der Waals surface area contributed by atoms with Crippen LogP contribution >= 0.6 is 0 Å². The number of unbranched alkanes of at least 4 members (excludes halogenated alkanes) is 1. The Hall–Kier alpha value is -1.30. The lowest BCUT2D eigenvalue weighted by molar-refractivity contribution is -0.270. The topological polar surface area (TPSA) is 163 Å². The minimum Gasteiger partial charge on any atom is -0.394 e. The van der Waals surface area contributed by atoms with Gasteiger partial charge in [-0.05, 0) is 25.8 Å². The van der Waals surface area contributed by atoms with E-state index in [-0.39, 0.29) is 12.5 Å². The molecule has 1 rings (SSSR count). The minimum atomic E-state index is -1.34.